The first-order chi connectivity index (χ1) is 12.1. The molecule has 26 heavy (non-hydrogen) atoms. The number of anilines is 1. The Morgan fingerprint density at radius 3 is 2.65 bits per heavy atom. The molecule has 0 aliphatic heterocycles. The minimum atomic E-state index is 0. The largest absolute Gasteiger partial charge is 0.363 e. The van der Waals surface area contributed by atoms with Crippen molar-refractivity contribution in [2.45, 2.75) is 19.4 Å². The van der Waals surface area contributed by atoms with Crippen molar-refractivity contribution in [1.82, 2.24) is 15.2 Å². The smallest absolute Gasteiger partial charge is 0.193 e. The van der Waals surface area contributed by atoms with Crippen LogP contribution in [0.2, 0.25) is 0 Å². The summed E-state index contributed by atoms with van der Waals surface area (Å²) in [5.41, 5.74) is 2.23. The second-order valence-corrected chi connectivity index (χ2v) is 6.30. The first-order valence-electron chi connectivity index (χ1n) is 8.65. The van der Waals surface area contributed by atoms with Gasteiger partial charge in [0.1, 0.15) is 5.82 Å². The average Bonchev–Trinajstić information content (AvgIpc) is 2.62. The molecule has 1 heterocycles. The maximum Gasteiger partial charge on any atom is 0.193 e. The highest BCUT2D eigenvalue weighted by atomic mass is 127. The van der Waals surface area contributed by atoms with Gasteiger partial charge in [0.15, 0.2) is 5.96 Å². The standard InChI is InChI=1S/C20H29N5.HI/c1-6-7-10-13-25(5)20(21-2)22-15-16-14-19(24(3)4)23-18-12-9-8-11-17(16)18;/h6,8-9,11-12,14H,1,7,10,13,15H2,2-5H3,(H,21,22);1H. The lowest BCUT2D eigenvalue weighted by molar-refractivity contribution is 0.470. The molecule has 1 aromatic heterocycles. The second-order valence-electron chi connectivity index (χ2n) is 6.30. The summed E-state index contributed by atoms with van der Waals surface area (Å²) in [6.07, 6.45) is 4.04. The molecule has 0 saturated carbocycles. The summed E-state index contributed by atoms with van der Waals surface area (Å²) >= 11 is 0. The lowest BCUT2D eigenvalue weighted by Crippen LogP contribution is -2.39. The Labute approximate surface area is 174 Å². The first kappa shape index (κ1) is 22.2. The van der Waals surface area contributed by atoms with Crippen LogP contribution in [0.1, 0.15) is 18.4 Å². The predicted octanol–water partition coefficient (Wildman–Crippen LogP) is 3.89. The van der Waals surface area contributed by atoms with Crippen molar-refractivity contribution in [3.05, 3.63) is 48.6 Å². The Morgan fingerprint density at radius 1 is 1.27 bits per heavy atom. The third kappa shape index (κ3) is 5.86. The molecular formula is C20H30IN5. The highest BCUT2D eigenvalue weighted by molar-refractivity contribution is 14.0. The van der Waals surface area contributed by atoms with Crippen LogP contribution in [0.5, 0.6) is 0 Å². The normalized spacial score (nSPS) is 11.0. The van der Waals surface area contributed by atoms with Gasteiger partial charge in [-0.05, 0) is 30.5 Å². The molecule has 6 heteroatoms. The van der Waals surface area contributed by atoms with Crippen LogP contribution in [0.4, 0.5) is 5.82 Å². The SMILES string of the molecule is C=CCCCN(C)C(=NC)NCc1cc(N(C)C)nc2ccccc12.I. The van der Waals surface area contributed by atoms with Crippen LogP contribution in [0.15, 0.2) is 48.0 Å². The van der Waals surface area contributed by atoms with Crippen molar-refractivity contribution in [1.29, 1.82) is 0 Å². The van der Waals surface area contributed by atoms with Crippen LogP contribution >= 0.6 is 24.0 Å². The van der Waals surface area contributed by atoms with Crippen LogP contribution in [0.3, 0.4) is 0 Å². The van der Waals surface area contributed by atoms with E-state index in [2.05, 4.69) is 53.1 Å². The van der Waals surface area contributed by atoms with Crippen LogP contribution < -0.4 is 10.2 Å². The number of nitrogens with zero attached hydrogens (tertiary/aromatic N) is 4. The van der Waals surface area contributed by atoms with Crippen LogP contribution in [-0.4, -0.2) is 50.6 Å². The Hall–Kier alpha value is -1.83. The average molecular weight is 467 g/mol. The quantitative estimate of drug-likeness (QED) is 0.221. The molecule has 0 saturated heterocycles. The van der Waals surface area contributed by atoms with Gasteiger partial charge < -0.3 is 15.1 Å². The molecule has 1 aromatic carbocycles. The maximum atomic E-state index is 4.72. The number of allylic oxidation sites excluding steroid dienone is 1. The Balaban J connectivity index is 0.00000338. The molecule has 0 fully saturated rings. The molecular weight excluding hydrogens is 437 g/mol. The van der Waals surface area contributed by atoms with Crippen molar-refractivity contribution in [2.24, 2.45) is 4.99 Å². The third-order valence-electron chi connectivity index (χ3n) is 4.16. The molecule has 5 nitrogen and oxygen atoms in total. The van der Waals surface area contributed by atoms with Gasteiger partial charge in [-0.1, -0.05) is 24.3 Å². The van der Waals surface area contributed by atoms with Gasteiger partial charge in [-0.25, -0.2) is 4.98 Å². The summed E-state index contributed by atoms with van der Waals surface area (Å²) in [5.74, 6) is 1.86. The summed E-state index contributed by atoms with van der Waals surface area (Å²) in [5, 5.41) is 4.65. The van der Waals surface area contributed by atoms with E-state index < -0.39 is 0 Å². The van der Waals surface area contributed by atoms with E-state index in [0.717, 1.165) is 36.7 Å². The highest BCUT2D eigenvalue weighted by Crippen LogP contribution is 2.22. The number of rotatable bonds is 7. The van der Waals surface area contributed by atoms with E-state index in [1.54, 1.807) is 0 Å². The number of benzene rings is 1. The molecule has 142 valence electrons. The van der Waals surface area contributed by atoms with Gasteiger partial charge in [0.25, 0.3) is 0 Å². The van der Waals surface area contributed by atoms with Crippen LogP contribution in [0.25, 0.3) is 10.9 Å². The van der Waals surface area contributed by atoms with E-state index in [-0.39, 0.29) is 24.0 Å². The number of hydrogen-bond donors (Lipinski definition) is 1. The molecule has 2 aromatic rings. The van der Waals surface area contributed by atoms with Gasteiger partial charge in [-0.3, -0.25) is 4.99 Å². The number of guanidine groups is 1. The van der Waals surface area contributed by atoms with E-state index in [0.29, 0.717) is 6.54 Å². The molecule has 0 atom stereocenters. The van der Waals surface area contributed by atoms with Gasteiger partial charge in [-0.2, -0.15) is 0 Å². The van der Waals surface area contributed by atoms with Crippen molar-refractivity contribution in [2.75, 3.05) is 39.6 Å². The molecule has 2 rings (SSSR count). The fourth-order valence-corrected chi connectivity index (χ4v) is 2.75. The van der Waals surface area contributed by atoms with Crippen LogP contribution in [0, 0.1) is 0 Å². The number of para-hydroxylation sites is 1. The monoisotopic (exact) mass is 467 g/mol. The van der Waals surface area contributed by atoms with Gasteiger partial charge in [0, 0.05) is 46.7 Å². The number of halogens is 1. The van der Waals surface area contributed by atoms with Crippen molar-refractivity contribution in [3.63, 3.8) is 0 Å². The fourth-order valence-electron chi connectivity index (χ4n) is 2.75. The molecule has 0 amide bonds. The molecule has 0 unspecified atom stereocenters. The zero-order valence-electron chi connectivity index (χ0n) is 16.2. The third-order valence-corrected chi connectivity index (χ3v) is 4.16. The summed E-state index contributed by atoms with van der Waals surface area (Å²) in [4.78, 5) is 13.3. The van der Waals surface area contributed by atoms with Crippen LogP contribution in [-0.2, 0) is 6.54 Å². The highest BCUT2D eigenvalue weighted by Gasteiger charge is 2.09. The van der Waals surface area contributed by atoms with E-state index >= 15 is 0 Å². The lowest BCUT2D eigenvalue weighted by Gasteiger charge is -2.22. The predicted molar refractivity (Wildman–Crippen MR) is 124 cm³/mol. The van der Waals surface area contributed by atoms with Crippen molar-refractivity contribution >= 4 is 46.7 Å². The van der Waals surface area contributed by atoms with Crippen molar-refractivity contribution in [3.8, 4) is 0 Å². The minimum Gasteiger partial charge on any atom is -0.363 e. The zero-order chi connectivity index (χ0) is 18.2. The topological polar surface area (TPSA) is 43.8 Å². The van der Waals surface area contributed by atoms with E-state index in [1.165, 1.54) is 10.9 Å². The summed E-state index contributed by atoms with van der Waals surface area (Å²) in [6, 6.07) is 10.4. The number of hydrogen-bond acceptors (Lipinski definition) is 3. The fraction of sp³-hybridized carbons (Fsp3) is 0.400. The second kappa shape index (κ2) is 11.0. The Morgan fingerprint density at radius 2 is 2.00 bits per heavy atom. The number of unbranched alkanes of at least 4 members (excludes halogenated alkanes) is 1. The summed E-state index contributed by atoms with van der Waals surface area (Å²) in [6.45, 7) is 5.44. The van der Waals surface area contributed by atoms with Gasteiger partial charge in [0.05, 0.1) is 5.52 Å². The van der Waals surface area contributed by atoms with Gasteiger partial charge in [-0.15, -0.1) is 30.6 Å². The number of pyridine rings is 1. The summed E-state index contributed by atoms with van der Waals surface area (Å²) in [7, 11) is 7.91. The number of aromatic nitrogens is 1. The molecule has 0 radical (unpaired) electrons. The van der Waals surface area contributed by atoms with Crippen molar-refractivity contribution < 1.29 is 0 Å². The minimum absolute atomic E-state index is 0. The molecule has 0 aliphatic carbocycles. The van der Waals surface area contributed by atoms with Gasteiger partial charge >= 0.3 is 0 Å². The number of aliphatic imine (C=N–C) groups is 1. The Bertz CT molecular complexity index is 742. The number of nitrogens with one attached hydrogen (secondary N) is 1. The molecule has 0 aliphatic rings. The molecule has 1 N–H and O–H groups in total. The zero-order valence-corrected chi connectivity index (χ0v) is 18.5. The van der Waals surface area contributed by atoms with E-state index in [4.69, 9.17) is 4.98 Å². The lowest BCUT2D eigenvalue weighted by atomic mass is 10.1. The maximum absolute atomic E-state index is 4.72. The molecule has 0 spiro atoms. The first-order valence-corrected chi connectivity index (χ1v) is 8.65. The molecule has 0 bridgehead atoms. The number of fused-ring (bicyclic) bond motifs is 1. The Kier molecular flexibility index (Phi) is 9.40. The van der Waals surface area contributed by atoms with E-state index in [1.807, 2.05) is 38.2 Å². The van der Waals surface area contributed by atoms with E-state index in [9.17, 15) is 0 Å². The van der Waals surface area contributed by atoms with Gasteiger partial charge in [0.2, 0.25) is 0 Å². The summed E-state index contributed by atoms with van der Waals surface area (Å²) < 4.78 is 0.